The van der Waals surface area contributed by atoms with Crippen LogP contribution in [0, 0.1) is 12.7 Å². The molecule has 1 saturated heterocycles. The third-order valence-electron chi connectivity index (χ3n) is 6.49. The second kappa shape index (κ2) is 11.7. The number of hydrogen-bond acceptors (Lipinski definition) is 5. The fourth-order valence-electron chi connectivity index (χ4n) is 4.56. The van der Waals surface area contributed by atoms with Gasteiger partial charge in [0.2, 0.25) is 0 Å². The molecule has 2 unspecified atom stereocenters. The Labute approximate surface area is 219 Å². The maximum absolute atomic E-state index is 14.2. The van der Waals surface area contributed by atoms with Crippen LogP contribution in [-0.4, -0.2) is 73.1 Å². The van der Waals surface area contributed by atoms with Crippen molar-refractivity contribution in [2.24, 2.45) is 0 Å². The Bertz CT molecular complexity index is 1270. The van der Waals surface area contributed by atoms with Crippen molar-refractivity contribution >= 4 is 29.4 Å². The highest BCUT2D eigenvalue weighted by Gasteiger charge is 2.35. The van der Waals surface area contributed by atoms with Gasteiger partial charge in [-0.3, -0.25) is 15.0 Å². The number of amides is 3. The molecule has 0 aliphatic carbocycles. The zero-order valence-corrected chi connectivity index (χ0v) is 21.7. The second-order valence-corrected chi connectivity index (χ2v) is 9.29. The molecule has 0 bridgehead atoms. The molecule has 3 N–H and O–H groups in total. The maximum Gasteiger partial charge on any atom is 0.320 e. The van der Waals surface area contributed by atoms with Crippen LogP contribution in [0.1, 0.15) is 27.5 Å². The van der Waals surface area contributed by atoms with Crippen LogP contribution in [0.4, 0.5) is 15.0 Å². The van der Waals surface area contributed by atoms with Crippen molar-refractivity contribution in [2.75, 3.05) is 45.7 Å². The Kier molecular flexibility index (Phi) is 8.42. The summed E-state index contributed by atoms with van der Waals surface area (Å²) in [6.07, 6.45) is 0. The lowest BCUT2D eigenvalue weighted by molar-refractivity contribution is 0.0957. The van der Waals surface area contributed by atoms with Crippen molar-refractivity contribution in [2.45, 2.75) is 18.9 Å². The average molecular weight is 529 g/mol. The van der Waals surface area contributed by atoms with Gasteiger partial charge in [0.15, 0.2) is 5.69 Å². The molecule has 1 aromatic heterocycles. The molecule has 196 valence electrons. The quantitative estimate of drug-likeness (QED) is 0.415. The van der Waals surface area contributed by atoms with E-state index in [9.17, 15) is 14.0 Å². The number of ether oxygens (including phenoxy) is 1. The van der Waals surface area contributed by atoms with Crippen LogP contribution in [0.25, 0.3) is 5.69 Å². The molecule has 2 heterocycles. The fraction of sp³-hybridized carbons (Fsp3) is 0.346. The molecule has 2 atom stereocenters. The normalized spacial score (nSPS) is 17.5. The number of carbonyl (C=O) groups excluding carboxylic acids is 2. The summed E-state index contributed by atoms with van der Waals surface area (Å²) in [5, 5.41) is 13.0. The van der Waals surface area contributed by atoms with E-state index in [0.29, 0.717) is 43.3 Å². The molecule has 0 saturated carbocycles. The minimum atomic E-state index is -0.498. The average Bonchev–Trinajstić information content (AvgIpc) is 3.45. The second-order valence-electron chi connectivity index (χ2n) is 8.89. The highest BCUT2D eigenvalue weighted by Crippen LogP contribution is 2.30. The van der Waals surface area contributed by atoms with E-state index >= 15 is 0 Å². The van der Waals surface area contributed by atoms with Gasteiger partial charge < -0.3 is 15.4 Å². The van der Waals surface area contributed by atoms with Gasteiger partial charge in [-0.25, -0.2) is 13.9 Å². The topological polar surface area (TPSA) is 101 Å². The van der Waals surface area contributed by atoms with Crippen LogP contribution in [0.2, 0.25) is 5.02 Å². The fourth-order valence-corrected chi connectivity index (χ4v) is 4.68. The van der Waals surface area contributed by atoms with Gasteiger partial charge >= 0.3 is 6.03 Å². The molecule has 0 spiro atoms. The van der Waals surface area contributed by atoms with E-state index < -0.39 is 11.8 Å². The van der Waals surface area contributed by atoms with E-state index in [2.05, 4.69) is 25.9 Å². The van der Waals surface area contributed by atoms with Gasteiger partial charge in [-0.2, -0.15) is 5.10 Å². The lowest BCUT2D eigenvalue weighted by Gasteiger charge is -2.21. The number of aromatic nitrogens is 2. The molecule has 9 nitrogen and oxygen atoms in total. The van der Waals surface area contributed by atoms with Gasteiger partial charge in [0.05, 0.1) is 23.4 Å². The first kappa shape index (κ1) is 26.6. The smallest absolute Gasteiger partial charge is 0.320 e. The number of nitrogens with zero attached hydrogens (tertiary/aromatic N) is 3. The van der Waals surface area contributed by atoms with E-state index in [1.807, 2.05) is 30.3 Å². The molecule has 2 aromatic carbocycles. The first-order valence-corrected chi connectivity index (χ1v) is 12.3. The SMILES string of the molecule is CNC(=O)c1nn(-c2ccccc2)c(NC(=O)NC2CN(CCOC)CC2c2ccc(Cl)c(F)c2)c1C. The molecular formula is C26H30ClFN6O3. The summed E-state index contributed by atoms with van der Waals surface area (Å²) >= 11 is 5.89. The van der Waals surface area contributed by atoms with Crippen LogP contribution in [0.3, 0.4) is 0 Å². The number of hydrogen-bond donors (Lipinski definition) is 3. The molecule has 3 amide bonds. The zero-order valence-electron chi connectivity index (χ0n) is 20.9. The van der Waals surface area contributed by atoms with Crippen molar-refractivity contribution in [1.82, 2.24) is 25.3 Å². The van der Waals surface area contributed by atoms with Gasteiger partial charge in [-0.15, -0.1) is 0 Å². The summed E-state index contributed by atoms with van der Waals surface area (Å²) in [5.41, 5.74) is 2.18. The van der Waals surface area contributed by atoms with E-state index in [1.165, 1.54) is 23.9 Å². The monoisotopic (exact) mass is 528 g/mol. The number of likely N-dealkylation sites (tertiary alicyclic amines) is 1. The third kappa shape index (κ3) is 5.93. The minimum absolute atomic E-state index is 0.0526. The first-order valence-electron chi connectivity index (χ1n) is 11.9. The molecule has 37 heavy (non-hydrogen) atoms. The number of nitrogens with one attached hydrogen (secondary N) is 3. The largest absolute Gasteiger partial charge is 0.383 e. The third-order valence-corrected chi connectivity index (χ3v) is 6.80. The number of methoxy groups -OCH3 is 1. The summed E-state index contributed by atoms with van der Waals surface area (Å²) in [7, 11) is 3.16. The number of halogens is 2. The number of rotatable bonds is 8. The summed E-state index contributed by atoms with van der Waals surface area (Å²) in [6, 6.07) is 13.2. The Morgan fingerprint density at radius 1 is 1.19 bits per heavy atom. The molecule has 4 rings (SSSR count). The van der Waals surface area contributed by atoms with Crippen molar-refractivity contribution in [3.8, 4) is 5.69 Å². The van der Waals surface area contributed by atoms with Gasteiger partial charge in [-0.05, 0) is 36.8 Å². The maximum atomic E-state index is 14.2. The summed E-state index contributed by atoms with van der Waals surface area (Å²) in [6.45, 7) is 4.13. The number of urea groups is 1. The lowest BCUT2D eigenvalue weighted by atomic mass is 9.94. The van der Waals surface area contributed by atoms with Crippen molar-refractivity contribution in [3.63, 3.8) is 0 Å². The van der Waals surface area contributed by atoms with Crippen molar-refractivity contribution < 1.29 is 18.7 Å². The summed E-state index contributed by atoms with van der Waals surface area (Å²) in [4.78, 5) is 27.8. The predicted octanol–water partition coefficient (Wildman–Crippen LogP) is 3.57. The van der Waals surface area contributed by atoms with E-state index in [0.717, 1.165) is 5.56 Å². The van der Waals surface area contributed by atoms with Crippen molar-refractivity contribution in [1.29, 1.82) is 0 Å². The number of benzene rings is 2. The Balaban J connectivity index is 1.59. The predicted molar refractivity (Wildman–Crippen MR) is 140 cm³/mol. The lowest BCUT2D eigenvalue weighted by Crippen LogP contribution is -2.42. The standard InChI is InChI=1S/C26H30ClFN6O3/c1-16-23(25(35)29-2)32-34(18-7-5-4-6-8-18)24(16)31-26(36)30-22-15-33(11-12-37-3)14-19(22)17-9-10-20(27)21(28)13-17/h4-10,13,19,22H,11-12,14-15H2,1-3H3,(H,29,35)(H2,30,31,36). The highest BCUT2D eigenvalue weighted by atomic mass is 35.5. The van der Waals surface area contributed by atoms with E-state index in [-0.39, 0.29) is 28.6 Å². The zero-order chi connectivity index (χ0) is 26.5. The van der Waals surface area contributed by atoms with Gasteiger partial charge in [0, 0.05) is 45.3 Å². The number of anilines is 1. The summed E-state index contributed by atoms with van der Waals surface area (Å²) in [5.74, 6) is -0.631. The van der Waals surface area contributed by atoms with Crippen LogP contribution in [0.5, 0.6) is 0 Å². The number of carbonyl (C=O) groups is 2. The molecule has 1 fully saturated rings. The Morgan fingerprint density at radius 3 is 2.62 bits per heavy atom. The van der Waals surface area contributed by atoms with E-state index in [4.69, 9.17) is 16.3 Å². The highest BCUT2D eigenvalue weighted by molar-refractivity contribution is 6.30. The Morgan fingerprint density at radius 2 is 1.95 bits per heavy atom. The van der Waals surface area contributed by atoms with Gasteiger partial charge in [0.1, 0.15) is 11.6 Å². The first-order chi connectivity index (χ1) is 17.8. The van der Waals surface area contributed by atoms with Crippen molar-refractivity contribution in [3.05, 3.63) is 76.2 Å². The number of para-hydroxylation sites is 1. The molecule has 1 aliphatic rings. The van der Waals surface area contributed by atoms with Gasteiger partial charge in [-0.1, -0.05) is 35.9 Å². The van der Waals surface area contributed by atoms with Gasteiger partial charge in [0.25, 0.3) is 5.91 Å². The minimum Gasteiger partial charge on any atom is -0.383 e. The van der Waals surface area contributed by atoms with E-state index in [1.54, 1.807) is 20.1 Å². The Hall–Kier alpha value is -3.47. The molecule has 1 aliphatic heterocycles. The van der Waals surface area contributed by atoms with Crippen LogP contribution in [0.15, 0.2) is 48.5 Å². The molecule has 11 heteroatoms. The van der Waals surface area contributed by atoms with Crippen LogP contribution in [-0.2, 0) is 4.74 Å². The summed E-state index contributed by atoms with van der Waals surface area (Å²) < 4.78 is 21.0. The van der Waals surface area contributed by atoms with Crippen LogP contribution < -0.4 is 16.0 Å². The van der Waals surface area contributed by atoms with Crippen LogP contribution >= 0.6 is 11.6 Å². The molecule has 0 radical (unpaired) electrons. The molecular weight excluding hydrogens is 499 g/mol. The molecule has 3 aromatic rings.